The molecule has 2 atom stereocenters. The summed E-state index contributed by atoms with van der Waals surface area (Å²) in [6.45, 7) is 1.55. The number of hydrogen-bond acceptors (Lipinski definition) is 5. The lowest BCUT2D eigenvalue weighted by atomic mass is 9.83. The molecule has 164 valence electrons. The number of alkyl halides is 2. The van der Waals surface area contributed by atoms with Crippen LogP contribution >= 0.6 is 0 Å². The van der Waals surface area contributed by atoms with Crippen LogP contribution in [0.4, 0.5) is 13.2 Å². The zero-order valence-corrected chi connectivity index (χ0v) is 17.2. The third kappa shape index (κ3) is 4.80. The molecule has 2 unspecified atom stereocenters. The number of halogens is 3. The van der Waals surface area contributed by atoms with Gasteiger partial charge in [-0.3, -0.25) is 0 Å². The van der Waals surface area contributed by atoms with E-state index < -0.39 is 45.4 Å². The molecule has 1 aromatic heterocycles. The Bertz CT molecular complexity index is 1020. The number of benzene rings is 1. The van der Waals surface area contributed by atoms with Gasteiger partial charge in [-0.05, 0) is 38.3 Å². The first kappa shape index (κ1) is 21.2. The SMILES string of the molecule is Cc1cc(-c2ccc(OCC3CC(F)(F)CCC3NS(=O)(=O)C3CC3)cc2F)no1. The molecular weight excluding hydrogens is 421 g/mol. The Morgan fingerprint density at radius 3 is 2.67 bits per heavy atom. The monoisotopic (exact) mass is 444 g/mol. The largest absolute Gasteiger partial charge is 0.493 e. The number of sulfonamides is 1. The van der Waals surface area contributed by atoms with E-state index in [2.05, 4.69) is 9.88 Å². The summed E-state index contributed by atoms with van der Waals surface area (Å²) < 4.78 is 80.0. The van der Waals surface area contributed by atoms with Crippen LogP contribution in [0.3, 0.4) is 0 Å². The lowest BCUT2D eigenvalue weighted by molar-refractivity contribution is -0.0661. The Morgan fingerprint density at radius 2 is 2.03 bits per heavy atom. The normalized spacial score (nSPS) is 24.0. The molecule has 4 rings (SSSR count). The molecule has 10 heteroatoms. The van der Waals surface area contributed by atoms with Gasteiger partial charge in [-0.25, -0.2) is 26.3 Å². The molecule has 6 nitrogen and oxygen atoms in total. The van der Waals surface area contributed by atoms with Crippen LogP contribution in [0.2, 0.25) is 0 Å². The van der Waals surface area contributed by atoms with Crippen LogP contribution in [-0.4, -0.2) is 37.4 Å². The highest BCUT2D eigenvalue weighted by molar-refractivity contribution is 7.90. The molecule has 0 spiro atoms. The number of hydrogen-bond donors (Lipinski definition) is 1. The van der Waals surface area contributed by atoms with E-state index in [4.69, 9.17) is 9.26 Å². The molecule has 1 aromatic carbocycles. The van der Waals surface area contributed by atoms with E-state index >= 15 is 0 Å². The maximum absolute atomic E-state index is 14.5. The topological polar surface area (TPSA) is 81.4 Å². The fraction of sp³-hybridized carbons (Fsp3) is 0.550. The number of rotatable bonds is 7. The fourth-order valence-electron chi connectivity index (χ4n) is 3.74. The van der Waals surface area contributed by atoms with Gasteiger partial charge in [0.25, 0.3) is 0 Å². The van der Waals surface area contributed by atoms with Crippen molar-refractivity contribution in [1.82, 2.24) is 9.88 Å². The Kier molecular flexibility index (Phi) is 5.56. The van der Waals surface area contributed by atoms with E-state index in [1.165, 1.54) is 12.1 Å². The van der Waals surface area contributed by atoms with Gasteiger partial charge in [-0.2, -0.15) is 0 Å². The van der Waals surface area contributed by atoms with Crippen LogP contribution in [0, 0.1) is 18.7 Å². The molecule has 1 N–H and O–H groups in total. The van der Waals surface area contributed by atoms with Gasteiger partial charge in [-0.15, -0.1) is 0 Å². The first-order valence-corrected chi connectivity index (χ1v) is 11.4. The number of ether oxygens (including phenoxy) is 1. The first-order valence-electron chi connectivity index (χ1n) is 9.88. The molecule has 2 aliphatic carbocycles. The Morgan fingerprint density at radius 1 is 1.27 bits per heavy atom. The van der Waals surface area contributed by atoms with Crippen molar-refractivity contribution in [2.45, 2.75) is 56.2 Å². The smallest absolute Gasteiger partial charge is 0.248 e. The first-order chi connectivity index (χ1) is 14.1. The summed E-state index contributed by atoms with van der Waals surface area (Å²) in [6.07, 6.45) is 0.364. The van der Waals surface area contributed by atoms with E-state index in [0.717, 1.165) is 6.07 Å². The highest BCUT2D eigenvalue weighted by Gasteiger charge is 2.45. The van der Waals surface area contributed by atoms with E-state index in [0.29, 0.717) is 24.3 Å². The Balaban J connectivity index is 1.45. The summed E-state index contributed by atoms with van der Waals surface area (Å²) in [7, 11) is -3.51. The van der Waals surface area contributed by atoms with Gasteiger partial charge in [0.2, 0.25) is 15.9 Å². The van der Waals surface area contributed by atoms with Crippen LogP contribution in [0.15, 0.2) is 28.8 Å². The number of nitrogens with zero attached hydrogens (tertiary/aromatic N) is 1. The maximum Gasteiger partial charge on any atom is 0.248 e. The average molecular weight is 444 g/mol. The van der Waals surface area contributed by atoms with Gasteiger partial charge in [0.1, 0.15) is 23.0 Å². The molecule has 2 fully saturated rings. The van der Waals surface area contributed by atoms with Crippen LogP contribution in [0.5, 0.6) is 5.75 Å². The molecule has 2 aliphatic rings. The van der Waals surface area contributed by atoms with Crippen LogP contribution in [0.1, 0.15) is 37.9 Å². The minimum Gasteiger partial charge on any atom is -0.493 e. The van der Waals surface area contributed by atoms with Crippen LogP contribution in [-0.2, 0) is 10.0 Å². The summed E-state index contributed by atoms with van der Waals surface area (Å²) in [5.41, 5.74) is 0.580. The van der Waals surface area contributed by atoms with Crippen LogP contribution in [0.25, 0.3) is 11.3 Å². The van der Waals surface area contributed by atoms with Crippen molar-refractivity contribution in [2.75, 3.05) is 6.61 Å². The van der Waals surface area contributed by atoms with Crippen LogP contribution < -0.4 is 9.46 Å². The molecule has 0 amide bonds. The van der Waals surface area contributed by atoms with Crippen molar-refractivity contribution in [3.8, 4) is 17.0 Å². The van der Waals surface area contributed by atoms with Crippen molar-refractivity contribution >= 4 is 10.0 Å². The highest BCUT2D eigenvalue weighted by atomic mass is 32.2. The third-order valence-corrected chi connectivity index (χ3v) is 7.52. The van der Waals surface area contributed by atoms with Crippen molar-refractivity contribution in [1.29, 1.82) is 0 Å². The van der Waals surface area contributed by atoms with Crippen molar-refractivity contribution < 1.29 is 30.8 Å². The summed E-state index contributed by atoms with van der Waals surface area (Å²) in [4.78, 5) is 0. The second-order valence-corrected chi connectivity index (χ2v) is 10.1. The second kappa shape index (κ2) is 7.88. The minimum atomic E-state index is -3.51. The molecule has 0 aliphatic heterocycles. The molecule has 0 radical (unpaired) electrons. The number of nitrogens with one attached hydrogen (secondary N) is 1. The zero-order valence-electron chi connectivity index (χ0n) is 16.4. The zero-order chi connectivity index (χ0) is 21.5. The van der Waals surface area contributed by atoms with Crippen molar-refractivity contribution in [3.05, 3.63) is 35.8 Å². The molecular formula is C20H23F3N2O4S. The Hall–Kier alpha value is -2.07. The molecule has 2 aromatic rings. The van der Waals surface area contributed by atoms with Gasteiger partial charge >= 0.3 is 0 Å². The summed E-state index contributed by atoms with van der Waals surface area (Å²) in [5, 5.41) is 3.34. The highest BCUT2D eigenvalue weighted by Crippen LogP contribution is 2.38. The standard InChI is InChI=1S/C20H23F3N2O4S/c1-12-8-19(24-29-12)16-5-2-14(9-17(16)21)28-11-13-10-20(22,23)7-6-18(13)25-30(26,27)15-3-4-15/h2,5,8-9,13,15,18,25H,3-4,6-7,10-11H2,1H3. The molecule has 0 saturated heterocycles. The lowest BCUT2D eigenvalue weighted by Gasteiger charge is -2.36. The van der Waals surface area contributed by atoms with Gasteiger partial charge in [0.15, 0.2) is 0 Å². The predicted octanol–water partition coefficient (Wildman–Crippen LogP) is 4.05. The molecule has 0 bridgehead atoms. The fourth-order valence-corrected chi connectivity index (χ4v) is 5.42. The molecule has 1 heterocycles. The lowest BCUT2D eigenvalue weighted by Crippen LogP contribution is -2.49. The van der Waals surface area contributed by atoms with Gasteiger partial charge < -0.3 is 9.26 Å². The predicted molar refractivity (Wildman–Crippen MR) is 103 cm³/mol. The quantitative estimate of drug-likeness (QED) is 0.697. The maximum atomic E-state index is 14.5. The summed E-state index contributed by atoms with van der Waals surface area (Å²) in [6, 6.07) is 5.12. The van der Waals surface area contributed by atoms with Gasteiger partial charge in [0.05, 0.1) is 11.9 Å². The van der Waals surface area contributed by atoms with Gasteiger partial charge in [0, 0.05) is 42.5 Å². The molecule has 30 heavy (non-hydrogen) atoms. The van der Waals surface area contributed by atoms with Crippen molar-refractivity contribution in [2.24, 2.45) is 5.92 Å². The van der Waals surface area contributed by atoms with Crippen molar-refractivity contribution in [3.63, 3.8) is 0 Å². The molecule has 2 saturated carbocycles. The van der Waals surface area contributed by atoms with E-state index in [-0.39, 0.29) is 30.8 Å². The van der Waals surface area contributed by atoms with E-state index in [1.54, 1.807) is 13.0 Å². The number of aromatic nitrogens is 1. The second-order valence-electron chi connectivity index (χ2n) is 8.10. The van der Waals surface area contributed by atoms with E-state index in [9.17, 15) is 21.6 Å². The third-order valence-electron chi connectivity index (χ3n) is 5.54. The summed E-state index contributed by atoms with van der Waals surface area (Å²) in [5.74, 6) is -3.46. The Labute approximate surface area is 172 Å². The average Bonchev–Trinajstić information content (AvgIpc) is 3.45. The van der Waals surface area contributed by atoms with E-state index in [1.807, 2.05) is 0 Å². The summed E-state index contributed by atoms with van der Waals surface area (Å²) >= 11 is 0. The van der Waals surface area contributed by atoms with Gasteiger partial charge in [-0.1, -0.05) is 5.16 Å². The number of aryl methyl sites for hydroxylation is 1. The minimum absolute atomic E-state index is 0.0335.